The quantitative estimate of drug-likeness (QED) is 0.677. The van der Waals surface area contributed by atoms with E-state index in [2.05, 4.69) is 4.98 Å². The summed E-state index contributed by atoms with van der Waals surface area (Å²) in [6.45, 7) is 0. The summed E-state index contributed by atoms with van der Waals surface area (Å²) in [4.78, 5) is 16.6. The van der Waals surface area contributed by atoms with Crippen LogP contribution in [0.15, 0.2) is 12.3 Å². The highest BCUT2D eigenvalue weighted by Gasteiger charge is 2.10. The molecule has 3 nitrogen and oxygen atoms in total. The van der Waals surface area contributed by atoms with Crippen LogP contribution in [0, 0.1) is 0 Å². The third-order valence-corrected chi connectivity index (χ3v) is 2.14. The molecule has 0 N–H and O–H groups in total. The van der Waals surface area contributed by atoms with Crippen molar-refractivity contribution in [2.45, 2.75) is 0 Å². The second-order valence-corrected chi connectivity index (χ2v) is 3.46. The fourth-order valence-electron chi connectivity index (χ4n) is 0.796. The Hall–Kier alpha value is -0.800. The molecule has 0 aromatic carbocycles. The zero-order chi connectivity index (χ0) is 10.0. The summed E-state index contributed by atoms with van der Waals surface area (Å²) in [5.41, 5.74) is 0.430. The van der Waals surface area contributed by atoms with E-state index in [0.29, 0.717) is 5.56 Å². The SMILES string of the molecule is CN(C)C(=O)c1cnc(Cl)c(Cl)c1. The first-order valence-electron chi connectivity index (χ1n) is 3.55. The van der Waals surface area contributed by atoms with Crippen molar-refractivity contribution in [1.82, 2.24) is 9.88 Å². The van der Waals surface area contributed by atoms with E-state index in [1.54, 1.807) is 14.1 Å². The van der Waals surface area contributed by atoms with Gasteiger partial charge in [0.25, 0.3) is 5.91 Å². The van der Waals surface area contributed by atoms with Crippen LogP contribution in [0.4, 0.5) is 0 Å². The van der Waals surface area contributed by atoms with E-state index < -0.39 is 0 Å². The third kappa shape index (κ3) is 2.32. The van der Waals surface area contributed by atoms with Gasteiger partial charge in [0, 0.05) is 20.3 Å². The molecule has 0 aliphatic rings. The lowest BCUT2D eigenvalue weighted by molar-refractivity contribution is 0.0827. The Morgan fingerprint density at radius 3 is 2.54 bits per heavy atom. The lowest BCUT2D eigenvalue weighted by atomic mass is 10.2. The second kappa shape index (κ2) is 3.94. The lowest BCUT2D eigenvalue weighted by Gasteiger charge is -2.09. The molecule has 0 atom stereocenters. The van der Waals surface area contributed by atoms with Crippen LogP contribution in [0.5, 0.6) is 0 Å². The Morgan fingerprint density at radius 2 is 2.08 bits per heavy atom. The molecule has 0 spiro atoms. The van der Waals surface area contributed by atoms with Crippen LogP contribution in [-0.2, 0) is 0 Å². The lowest BCUT2D eigenvalue weighted by Crippen LogP contribution is -2.21. The molecule has 70 valence electrons. The number of halogens is 2. The van der Waals surface area contributed by atoms with Crippen LogP contribution in [0.1, 0.15) is 10.4 Å². The highest BCUT2D eigenvalue weighted by molar-refractivity contribution is 6.41. The molecular weight excluding hydrogens is 211 g/mol. The van der Waals surface area contributed by atoms with Crippen molar-refractivity contribution in [2.75, 3.05) is 14.1 Å². The van der Waals surface area contributed by atoms with E-state index in [4.69, 9.17) is 23.2 Å². The molecule has 1 rings (SSSR count). The van der Waals surface area contributed by atoms with Crippen LogP contribution in [-0.4, -0.2) is 29.9 Å². The van der Waals surface area contributed by atoms with Gasteiger partial charge in [0.1, 0.15) is 5.15 Å². The maximum absolute atomic E-state index is 11.4. The smallest absolute Gasteiger partial charge is 0.254 e. The van der Waals surface area contributed by atoms with Crippen LogP contribution in [0.25, 0.3) is 0 Å². The van der Waals surface area contributed by atoms with E-state index >= 15 is 0 Å². The second-order valence-electron chi connectivity index (χ2n) is 2.70. The molecule has 0 unspecified atom stereocenters. The number of pyridine rings is 1. The van der Waals surface area contributed by atoms with Gasteiger partial charge in [-0.3, -0.25) is 4.79 Å². The van der Waals surface area contributed by atoms with Crippen LogP contribution in [0.3, 0.4) is 0 Å². The number of hydrogen-bond donors (Lipinski definition) is 0. The molecule has 0 aliphatic heterocycles. The highest BCUT2D eigenvalue weighted by atomic mass is 35.5. The molecule has 1 heterocycles. The minimum absolute atomic E-state index is 0.147. The van der Waals surface area contributed by atoms with Gasteiger partial charge in [-0.2, -0.15) is 0 Å². The number of carbonyl (C=O) groups excluding carboxylic acids is 1. The normalized spacial score (nSPS) is 9.85. The Balaban J connectivity index is 3.04. The van der Waals surface area contributed by atoms with Crippen molar-refractivity contribution < 1.29 is 4.79 Å². The van der Waals surface area contributed by atoms with Gasteiger partial charge in [0.15, 0.2) is 0 Å². The van der Waals surface area contributed by atoms with Gasteiger partial charge in [0.2, 0.25) is 0 Å². The van der Waals surface area contributed by atoms with Crippen LogP contribution < -0.4 is 0 Å². The van der Waals surface area contributed by atoms with E-state index in [9.17, 15) is 4.79 Å². The molecule has 1 aromatic heterocycles. The topological polar surface area (TPSA) is 33.2 Å². The molecular formula is C8H8Cl2N2O. The third-order valence-electron chi connectivity index (χ3n) is 1.45. The van der Waals surface area contributed by atoms with Gasteiger partial charge in [-0.1, -0.05) is 23.2 Å². The van der Waals surface area contributed by atoms with E-state index in [1.165, 1.54) is 17.2 Å². The average molecular weight is 219 g/mol. The molecule has 0 radical (unpaired) electrons. The molecule has 0 saturated heterocycles. The summed E-state index contributed by atoms with van der Waals surface area (Å²) < 4.78 is 0. The number of amides is 1. The summed E-state index contributed by atoms with van der Waals surface area (Å²) in [7, 11) is 3.32. The Labute approximate surface area is 86.3 Å². The van der Waals surface area contributed by atoms with Crippen LogP contribution >= 0.6 is 23.2 Å². The van der Waals surface area contributed by atoms with Gasteiger partial charge in [0.05, 0.1) is 10.6 Å². The predicted molar refractivity (Wildman–Crippen MR) is 52.3 cm³/mol. The fraction of sp³-hybridized carbons (Fsp3) is 0.250. The van der Waals surface area contributed by atoms with E-state index in [-0.39, 0.29) is 16.1 Å². The summed E-state index contributed by atoms with van der Waals surface area (Å²) in [5, 5.41) is 0.492. The van der Waals surface area contributed by atoms with Crippen molar-refractivity contribution in [3.8, 4) is 0 Å². The van der Waals surface area contributed by atoms with Crippen molar-refractivity contribution in [3.63, 3.8) is 0 Å². The van der Waals surface area contributed by atoms with Gasteiger partial charge < -0.3 is 4.90 Å². The van der Waals surface area contributed by atoms with E-state index in [0.717, 1.165) is 0 Å². The number of rotatable bonds is 1. The van der Waals surface area contributed by atoms with Crippen molar-refractivity contribution >= 4 is 29.1 Å². The Morgan fingerprint density at radius 1 is 1.46 bits per heavy atom. The summed E-state index contributed by atoms with van der Waals surface area (Å²) in [5.74, 6) is -0.147. The number of aromatic nitrogens is 1. The zero-order valence-corrected chi connectivity index (χ0v) is 8.73. The summed E-state index contributed by atoms with van der Waals surface area (Å²) in [6, 6.07) is 1.50. The minimum atomic E-state index is -0.147. The van der Waals surface area contributed by atoms with Gasteiger partial charge in [-0.15, -0.1) is 0 Å². The fourth-order valence-corrected chi connectivity index (χ4v) is 1.07. The first-order valence-corrected chi connectivity index (χ1v) is 4.30. The maximum Gasteiger partial charge on any atom is 0.254 e. The van der Waals surface area contributed by atoms with Gasteiger partial charge in [-0.05, 0) is 6.07 Å². The minimum Gasteiger partial charge on any atom is -0.345 e. The van der Waals surface area contributed by atoms with E-state index in [1.807, 2.05) is 0 Å². The molecule has 1 amide bonds. The van der Waals surface area contributed by atoms with Crippen molar-refractivity contribution in [2.24, 2.45) is 0 Å². The monoisotopic (exact) mass is 218 g/mol. The largest absolute Gasteiger partial charge is 0.345 e. The van der Waals surface area contributed by atoms with Crippen molar-refractivity contribution in [3.05, 3.63) is 28.0 Å². The molecule has 0 fully saturated rings. The molecule has 1 aromatic rings. The molecule has 0 aliphatic carbocycles. The van der Waals surface area contributed by atoms with Gasteiger partial charge in [-0.25, -0.2) is 4.98 Å². The predicted octanol–water partition coefficient (Wildman–Crippen LogP) is 2.09. The standard InChI is InChI=1S/C8H8Cl2N2O/c1-12(2)8(13)5-3-6(9)7(10)11-4-5/h3-4H,1-2H3. The van der Waals surface area contributed by atoms with Crippen molar-refractivity contribution in [1.29, 1.82) is 0 Å². The molecule has 0 bridgehead atoms. The first kappa shape index (κ1) is 10.3. The summed E-state index contributed by atoms with van der Waals surface area (Å²) in [6.07, 6.45) is 1.40. The van der Waals surface area contributed by atoms with Crippen LogP contribution in [0.2, 0.25) is 10.2 Å². The number of nitrogens with zero attached hydrogens (tertiary/aromatic N) is 2. The summed E-state index contributed by atoms with van der Waals surface area (Å²) >= 11 is 11.3. The van der Waals surface area contributed by atoms with Gasteiger partial charge >= 0.3 is 0 Å². The maximum atomic E-state index is 11.4. The number of hydrogen-bond acceptors (Lipinski definition) is 2. The first-order chi connectivity index (χ1) is 6.02. The number of carbonyl (C=O) groups is 1. The Kier molecular flexibility index (Phi) is 3.12. The Bertz CT molecular complexity index is 339. The molecule has 13 heavy (non-hydrogen) atoms. The molecule has 5 heteroatoms. The zero-order valence-electron chi connectivity index (χ0n) is 7.21. The highest BCUT2D eigenvalue weighted by Crippen LogP contribution is 2.19. The molecule has 0 saturated carbocycles. The average Bonchev–Trinajstić information content (AvgIpc) is 2.08.